The van der Waals surface area contributed by atoms with E-state index in [1.165, 1.54) is 24.2 Å². The van der Waals surface area contributed by atoms with Gasteiger partial charge in [0, 0.05) is 31.7 Å². The Kier molecular flexibility index (Phi) is 4.43. The number of benzene rings is 1. The monoisotopic (exact) mass is 226 g/mol. The zero-order valence-corrected chi connectivity index (χ0v) is 10.2. The molecule has 0 fully saturated rings. The van der Waals surface area contributed by atoms with Crippen LogP contribution < -0.4 is 10.2 Å². The number of hydrogen-bond donors (Lipinski definition) is 1. The molecule has 1 aliphatic rings. The second-order valence-corrected chi connectivity index (χ2v) is 4.02. The van der Waals surface area contributed by atoms with Crippen molar-refractivity contribution in [3.63, 3.8) is 0 Å². The van der Waals surface area contributed by atoms with E-state index in [9.17, 15) is 0 Å². The normalized spacial score (nSPS) is 19.3. The minimum atomic E-state index is 0. The van der Waals surface area contributed by atoms with Gasteiger partial charge in [0.1, 0.15) is 0 Å². The van der Waals surface area contributed by atoms with E-state index in [2.05, 4.69) is 41.5 Å². The van der Waals surface area contributed by atoms with Crippen LogP contribution in [-0.2, 0) is 0 Å². The Bertz CT molecular complexity index is 314. The van der Waals surface area contributed by atoms with Crippen LogP contribution in [0, 0.1) is 0 Å². The number of fused-ring (bicyclic) bond motifs is 1. The van der Waals surface area contributed by atoms with Crippen LogP contribution >= 0.6 is 12.4 Å². The molecular formula is C12H19ClN2. The molecule has 1 heterocycles. The third-order valence-electron chi connectivity index (χ3n) is 3.05. The number of hydrogen-bond acceptors (Lipinski definition) is 2. The summed E-state index contributed by atoms with van der Waals surface area (Å²) in [5.41, 5.74) is 2.90. The SMILES string of the molecule is CNCC1CCN(C)c2ccccc21.Cl. The van der Waals surface area contributed by atoms with Crippen molar-refractivity contribution in [2.24, 2.45) is 0 Å². The average molecular weight is 227 g/mol. The van der Waals surface area contributed by atoms with Gasteiger partial charge in [-0.1, -0.05) is 18.2 Å². The summed E-state index contributed by atoms with van der Waals surface area (Å²) in [5, 5.41) is 3.27. The van der Waals surface area contributed by atoms with E-state index in [1.807, 2.05) is 7.05 Å². The summed E-state index contributed by atoms with van der Waals surface area (Å²) in [6.07, 6.45) is 1.26. The highest BCUT2D eigenvalue weighted by Crippen LogP contribution is 2.33. The van der Waals surface area contributed by atoms with Gasteiger partial charge in [0.05, 0.1) is 0 Å². The highest BCUT2D eigenvalue weighted by Gasteiger charge is 2.21. The third-order valence-corrected chi connectivity index (χ3v) is 3.05. The van der Waals surface area contributed by atoms with E-state index in [4.69, 9.17) is 0 Å². The van der Waals surface area contributed by atoms with Crippen LogP contribution in [0.1, 0.15) is 17.9 Å². The van der Waals surface area contributed by atoms with E-state index in [0.29, 0.717) is 5.92 Å². The summed E-state index contributed by atoms with van der Waals surface area (Å²) in [5.74, 6) is 0.687. The Morgan fingerprint density at radius 1 is 1.40 bits per heavy atom. The van der Waals surface area contributed by atoms with Gasteiger partial charge < -0.3 is 10.2 Å². The van der Waals surface area contributed by atoms with Gasteiger partial charge in [-0.05, 0) is 25.1 Å². The number of para-hydroxylation sites is 1. The highest BCUT2D eigenvalue weighted by atomic mass is 35.5. The predicted octanol–water partition coefficient (Wildman–Crippen LogP) is 2.25. The molecule has 0 aliphatic carbocycles. The number of anilines is 1. The second kappa shape index (κ2) is 5.38. The molecule has 15 heavy (non-hydrogen) atoms. The molecule has 0 saturated heterocycles. The lowest BCUT2D eigenvalue weighted by atomic mass is 9.90. The van der Waals surface area contributed by atoms with Gasteiger partial charge >= 0.3 is 0 Å². The number of likely N-dealkylation sites (N-methyl/N-ethyl adjacent to an activating group) is 1. The minimum Gasteiger partial charge on any atom is -0.374 e. The molecule has 1 aromatic carbocycles. The quantitative estimate of drug-likeness (QED) is 0.832. The lowest BCUT2D eigenvalue weighted by Gasteiger charge is -2.33. The molecule has 1 N–H and O–H groups in total. The average Bonchev–Trinajstić information content (AvgIpc) is 2.23. The van der Waals surface area contributed by atoms with Crippen LogP contribution in [0.15, 0.2) is 24.3 Å². The first kappa shape index (κ1) is 12.3. The van der Waals surface area contributed by atoms with Crippen LogP contribution in [0.2, 0.25) is 0 Å². The second-order valence-electron chi connectivity index (χ2n) is 4.02. The Hall–Kier alpha value is -0.730. The topological polar surface area (TPSA) is 15.3 Å². The minimum absolute atomic E-state index is 0. The Balaban J connectivity index is 0.00000112. The Morgan fingerprint density at radius 2 is 2.13 bits per heavy atom. The molecular weight excluding hydrogens is 208 g/mol. The molecule has 1 aromatic rings. The summed E-state index contributed by atoms with van der Waals surface area (Å²) in [6, 6.07) is 8.74. The maximum atomic E-state index is 3.27. The fourth-order valence-corrected chi connectivity index (χ4v) is 2.26. The van der Waals surface area contributed by atoms with Gasteiger partial charge in [-0.3, -0.25) is 0 Å². The van der Waals surface area contributed by atoms with Gasteiger partial charge in [-0.2, -0.15) is 0 Å². The number of nitrogens with one attached hydrogen (secondary N) is 1. The van der Waals surface area contributed by atoms with E-state index in [0.717, 1.165) is 6.54 Å². The molecule has 1 atom stereocenters. The van der Waals surface area contributed by atoms with Crippen LogP contribution in [0.4, 0.5) is 5.69 Å². The van der Waals surface area contributed by atoms with Crippen LogP contribution in [0.3, 0.4) is 0 Å². The number of nitrogens with zero attached hydrogens (tertiary/aromatic N) is 1. The number of halogens is 1. The zero-order valence-electron chi connectivity index (χ0n) is 9.36. The van der Waals surface area contributed by atoms with Crippen molar-refractivity contribution >= 4 is 18.1 Å². The standard InChI is InChI=1S/C12H18N2.ClH/c1-13-9-10-7-8-14(2)12-6-4-3-5-11(10)12;/h3-6,10,13H,7-9H2,1-2H3;1H. The van der Waals surface area contributed by atoms with E-state index in [1.54, 1.807) is 0 Å². The maximum Gasteiger partial charge on any atom is 0.0399 e. The Labute approximate surface area is 98.1 Å². The third kappa shape index (κ3) is 2.44. The molecule has 84 valence electrons. The predicted molar refractivity (Wildman–Crippen MR) is 68.2 cm³/mol. The summed E-state index contributed by atoms with van der Waals surface area (Å²) >= 11 is 0. The molecule has 3 heteroatoms. The van der Waals surface area contributed by atoms with E-state index in [-0.39, 0.29) is 12.4 Å². The molecule has 2 rings (SSSR count). The summed E-state index contributed by atoms with van der Waals surface area (Å²) in [6.45, 7) is 2.26. The molecule has 0 amide bonds. The van der Waals surface area contributed by atoms with Gasteiger partial charge in [0.15, 0.2) is 0 Å². The lowest BCUT2D eigenvalue weighted by molar-refractivity contribution is 0.561. The highest BCUT2D eigenvalue weighted by molar-refractivity contribution is 5.85. The van der Waals surface area contributed by atoms with Crippen LogP contribution in [-0.4, -0.2) is 27.2 Å². The van der Waals surface area contributed by atoms with Gasteiger partial charge in [0.2, 0.25) is 0 Å². The fraction of sp³-hybridized carbons (Fsp3) is 0.500. The molecule has 0 radical (unpaired) electrons. The van der Waals surface area contributed by atoms with Crippen molar-refractivity contribution in [2.75, 3.05) is 32.1 Å². The van der Waals surface area contributed by atoms with Crippen molar-refractivity contribution in [1.29, 1.82) is 0 Å². The van der Waals surface area contributed by atoms with Crippen molar-refractivity contribution < 1.29 is 0 Å². The van der Waals surface area contributed by atoms with Crippen LogP contribution in [0.5, 0.6) is 0 Å². The first-order valence-electron chi connectivity index (χ1n) is 5.27. The van der Waals surface area contributed by atoms with Crippen LogP contribution in [0.25, 0.3) is 0 Å². The molecule has 0 saturated carbocycles. The van der Waals surface area contributed by atoms with Crippen molar-refractivity contribution in [3.8, 4) is 0 Å². The van der Waals surface area contributed by atoms with Crippen molar-refractivity contribution in [1.82, 2.24) is 5.32 Å². The van der Waals surface area contributed by atoms with Gasteiger partial charge in [-0.15, -0.1) is 12.4 Å². The van der Waals surface area contributed by atoms with Gasteiger partial charge in [0.25, 0.3) is 0 Å². The molecule has 0 bridgehead atoms. The van der Waals surface area contributed by atoms with Crippen molar-refractivity contribution in [2.45, 2.75) is 12.3 Å². The fourth-order valence-electron chi connectivity index (χ4n) is 2.26. The van der Waals surface area contributed by atoms with E-state index < -0.39 is 0 Å². The largest absolute Gasteiger partial charge is 0.374 e. The zero-order chi connectivity index (χ0) is 9.97. The molecule has 1 aliphatic heterocycles. The van der Waals surface area contributed by atoms with Gasteiger partial charge in [-0.25, -0.2) is 0 Å². The summed E-state index contributed by atoms with van der Waals surface area (Å²) < 4.78 is 0. The molecule has 1 unspecified atom stereocenters. The summed E-state index contributed by atoms with van der Waals surface area (Å²) in [4.78, 5) is 2.35. The smallest absolute Gasteiger partial charge is 0.0399 e. The summed E-state index contributed by atoms with van der Waals surface area (Å²) in [7, 11) is 4.20. The maximum absolute atomic E-state index is 3.27. The molecule has 2 nitrogen and oxygen atoms in total. The first-order valence-corrected chi connectivity index (χ1v) is 5.27. The molecule has 0 spiro atoms. The van der Waals surface area contributed by atoms with Crippen molar-refractivity contribution in [3.05, 3.63) is 29.8 Å². The van der Waals surface area contributed by atoms with E-state index >= 15 is 0 Å². The number of rotatable bonds is 2. The molecule has 0 aromatic heterocycles. The lowest BCUT2D eigenvalue weighted by Crippen LogP contribution is -2.30. The Morgan fingerprint density at radius 3 is 2.87 bits per heavy atom. The first-order chi connectivity index (χ1) is 6.83.